The van der Waals surface area contributed by atoms with E-state index in [2.05, 4.69) is 5.16 Å². The van der Waals surface area contributed by atoms with Gasteiger partial charge in [-0.25, -0.2) is 17.6 Å². The second-order valence-electron chi connectivity index (χ2n) is 9.14. The molecule has 2 fully saturated rings. The Labute approximate surface area is 209 Å². The Hall–Kier alpha value is -2.53. The fourth-order valence-electron chi connectivity index (χ4n) is 4.41. The minimum atomic E-state index is -4.98. The third-order valence-corrected chi connectivity index (χ3v) is 7.24. The average molecular weight is 555 g/mol. The summed E-state index contributed by atoms with van der Waals surface area (Å²) in [4.78, 5) is 17.9. The van der Waals surface area contributed by atoms with Crippen molar-refractivity contribution < 1.29 is 40.4 Å². The summed E-state index contributed by atoms with van der Waals surface area (Å²) in [6, 6.07) is 6.87. The van der Waals surface area contributed by atoms with Gasteiger partial charge >= 0.3 is 6.18 Å². The first-order valence-corrected chi connectivity index (χ1v) is 11.4. The third kappa shape index (κ3) is 3.91. The molecular weight excluding hydrogens is 540 g/mol. The zero-order valence-electron chi connectivity index (χ0n) is 18.0. The van der Waals surface area contributed by atoms with Crippen LogP contribution in [0.3, 0.4) is 0 Å². The van der Waals surface area contributed by atoms with Crippen molar-refractivity contribution in [2.75, 3.05) is 13.1 Å². The predicted octanol–water partition coefficient (Wildman–Crippen LogP) is 6.38. The number of rotatable bonds is 4. The number of amides is 1. The predicted molar refractivity (Wildman–Crippen MR) is 115 cm³/mol. The van der Waals surface area contributed by atoms with Gasteiger partial charge in [-0.3, -0.25) is 4.79 Å². The first-order valence-electron chi connectivity index (χ1n) is 10.6. The first kappa shape index (κ1) is 25.1. The Kier molecular flexibility index (Phi) is 5.57. The first-order chi connectivity index (χ1) is 16.7. The zero-order chi connectivity index (χ0) is 26.3. The molecule has 2 heterocycles. The molecule has 0 radical (unpaired) electrons. The third-order valence-electron chi connectivity index (χ3n) is 6.69. The molecule has 2 aromatic rings. The van der Waals surface area contributed by atoms with Crippen LogP contribution in [0.25, 0.3) is 0 Å². The highest BCUT2D eigenvalue weighted by Gasteiger charge is 2.64. The van der Waals surface area contributed by atoms with Crippen molar-refractivity contribution in [3.63, 3.8) is 0 Å². The summed E-state index contributed by atoms with van der Waals surface area (Å²) >= 11 is 11.4. The van der Waals surface area contributed by atoms with Gasteiger partial charge in [0, 0.05) is 18.4 Å². The molecule has 0 aromatic heterocycles. The fraction of sp³-hybridized carbons (Fsp3) is 0.391. The largest absolute Gasteiger partial charge is 0.435 e. The maximum atomic E-state index is 15.2. The lowest BCUT2D eigenvalue weighted by molar-refractivity contribution is -0.275. The second-order valence-corrected chi connectivity index (χ2v) is 9.95. The number of alkyl halides is 6. The van der Waals surface area contributed by atoms with Gasteiger partial charge in [-0.1, -0.05) is 52.6 Å². The lowest BCUT2D eigenvalue weighted by Gasteiger charge is -2.44. The van der Waals surface area contributed by atoms with Crippen molar-refractivity contribution >= 4 is 34.8 Å². The lowest BCUT2D eigenvalue weighted by atomic mass is 9.84. The fourth-order valence-corrected chi connectivity index (χ4v) is 4.89. The summed E-state index contributed by atoms with van der Waals surface area (Å²) in [6.07, 6.45) is -6.31. The van der Waals surface area contributed by atoms with Crippen molar-refractivity contribution in [1.29, 1.82) is 0 Å². The molecule has 2 aliphatic heterocycles. The van der Waals surface area contributed by atoms with Crippen LogP contribution in [0.1, 0.15) is 29.5 Å². The minimum absolute atomic E-state index is 0.107. The summed E-state index contributed by atoms with van der Waals surface area (Å²) in [6.45, 7) is -0.795. The normalized spacial score (nSPS) is 26.2. The van der Waals surface area contributed by atoms with Crippen LogP contribution in [0.15, 0.2) is 41.6 Å². The van der Waals surface area contributed by atoms with E-state index in [9.17, 15) is 31.1 Å². The number of carbonyl (C=O) groups excluding carboxylic acids is 1. The Morgan fingerprint density at radius 1 is 1.03 bits per heavy atom. The molecule has 3 aliphatic rings. The molecule has 4 nitrogen and oxygen atoms in total. The van der Waals surface area contributed by atoms with Crippen LogP contribution < -0.4 is 0 Å². The van der Waals surface area contributed by atoms with Crippen LogP contribution in [0.5, 0.6) is 0 Å². The maximum Gasteiger partial charge on any atom is 0.435 e. The van der Waals surface area contributed by atoms with Gasteiger partial charge in [0.2, 0.25) is 5.91 Å². The SMILES string of the molecule is O=C(C1CC1(F)F)N1CC(F)(c2ccc(C3=NOC(c4cc(Cl)c(F)c(Cl)c4)(C(F)(F)F)C3)cc2)C1. The number of hydrogen-bond donors (Lipinski definition) is 0. The zero-order valence-corrected chi connectivity index (χ0v) is 19.5. The Morgan fingerprint density at radius 2 is 1.58 bits per heavy atom. The molecule has 2 aromatic carbocycles. The molecule has 0 N–H and O–H groups in total. The van der Waals surface area contributed by atoms with Gasteiger partial charge in [-0.2, -0.15) is 13.2 Å². The van der Waals surface area contributed by atoms with E-state index in [-0.39, 0.29) is 16.8 Å². The molecule has 1 amide bonds. The van der Waals surface area contributed by atoms with Crippen molar-refractivity contribution in [3.05, 3.63) is 69.0 Å². The van der Waals surface area contributed by atoms with Gasteiger partial charge < -0.3 is 9.74 Å². The number of carbonyl (C=O) groups is 1. The van der Waals surface area contributed by atoms with Crippen molar-refractivity contribution in [2.24, 2.45) is 11.1 Å². The molecule has 0 spiro atoms. The Morgan fingerprint density at radius 3 is 2.08 bits per heavy atom. The van der Waals surface area contributed by atoms with E-state index in [0.717, 1.165) is 17.0 Å². The minimum Gasteiger partial charge on any atom is -0.374 e. The number of halogens is 9. The Balaban J connectivity index is 1.33. The van der Waals surface area contributed by atoms with E-state index in [1.165, 1.54) is 24.3 Å². The number of oxime groups is 1. The van der Waals surface area contributed by atoms with E-state index in [0.29, 0.717) is 0 Å². The van der Waals surface area contributed by atoms with Crippen LogP contribution in [0.2, 0.25) is 10.0 Å². The molecule has 0 bridgehead atoms. The molecule has 36 heavy (non-hydrogen) atoms. The van der Waals surface area contributed by atoms with Gasteiger partial charge in [0.15, 0.2) is 11.5 Å². The summed E-state index contributed by atoms with van der Waals surface area (Å²) in [5.74, 6) is -6.33. The van der Waals surface area contributed by atoms with Crippen molar-refractivity contribution in [1.82, 2.24) is 4.90 Å². The van der Waals surface area contributed by atoms with Gasteiger partial charge in [-0.05, 0) is 23.3 Å². The van der Waals surface area contributed by atoms with Crippen LogP contribution in [0.4, 0.5) is 30.7 Å². The highest BCUT2D eigenvalue weighted by molar-refractivity contribution is 6.35. The van der Waals surface area contributed by atoms with E-state index < -0.39 is 82.6 Å². The molecular formula is C23H15Cl2F7N2O2. The monoisotopic (exact) mass is 554 g/mol. The van der Waals surface area contributed by atoms with Gasteiger partial charge in [0.25, 0.3) is 11.5 Å². The van der Waals surface area contributed by atoms with Crippen LogP contribution in [-0.4, -0.2) is 41.7 Å². The highest BCUT2D eigenvalue weighted by atomic mass is 35.5. The molecule has 1 saturated carbocycles. The van der Waals surface area contributed by atoms with Crippen molar-refractivity contribution in [2.45, 2.75) is 36.2 Å². The number of benzene rings is 2. The van der Waals surface area contributed by atoms with Crippen LogP contribution in [-0.2, 0) is 20.9 Å². The summed E-state index contributed by atoms with van der Waals surface area (Å²) in [5.41, 5.74) is -5.24. The van der Waals surface area contributed by atoms with E-state index in [4.69, 9.17) is 28.0 Å². The summed E-state index contributed by atoms with van der Waals surface area (Å²) < 4.78 is 97.6. The van der Waals surface area contributed by atoms with E-state index in [1.807, 2.05) is 0 Å². The molecule has 192 valence electrons. The smallest absolute Gasteiger partial charge is 0.374 e. The lowest BCUT2D eigenvalue weighted by Crippen LogP contribution is -2.59. The standard InChI is InChI=1S/C23H15Cl2F7N2O2/c24-15-5-13(6-16(25)18(15)26)21(23(30,31)32)8-17(33-36-21)11-1-3-12(4-2-11)20(27)9-34(10-20)19(35)14-7-22(14,28)29/h1-6,14H,7-10H2. The summed E-state index contributed by atoms with van der Waals surface area (Å²) in [5, 5.41) is 2.35. The maximum absolute atomic E-state index is 15.2. The topological polar surface area (TPSA) is 41.9 Å². The second kappa shape index (κ2) is 7.98. The molecule has 13 heteroatoms. The van der Waals surface area contributed by atoms with Gasteiger partial charge in [0.05, 0.1) is 28.8 Å². The van der Waals surface area contributed by atoms with Crippen LogP contribution >= 0.6 is 23.2 Å². The van der Waals surface area contributed by atoms with E-state index >= 15 is 4.39 Å². The van der Waals surface area contributed by atoms with Crippen molar-refractivity contribution in [3.8, 4) is 0 Å². The molecule has 5 rings (SSSR count). The number of hydrogen-bond acceptors (Lipinski definition) is 3. The number of likely N-dealkylation sites (tertiary alicyclic amines) is 1. The van der Waals surface area contributed by atoms with E-state index in [1.54, 1.807) is 0 Å². The Bertz CT molecular complexity index is 1250. The average Bonchev–Trinajstić information content (AvgIpc) is 3.19. The quantitative estimate of drug-likeness (QED) is 0.325. The molecule has 1 aliphatic carbocycles. The molecule has 2 unspecified atom stereocenters. The molecule has 2 atom stereocenters. The van der Waals surface area contributed by atoms with Crippen LogP contribution in [0, 0.1) is 11.7 Å². The summed E-state index contributed by atoms with van der Waals surface area (Å²) in [7, 11) is 0. The highest BCUT2D eigenvalue weighted by Crippen LogP contribution is 2.52. The van der Waals surface area contributed by atoms with Gasteiger partial charge in [-0.15, -0.1) is 0 Å². The molecule has 1 saturated heterocycles. The van der Waals surface area contributed by atoms with Gasteiger partial charge in [0.1, 0.15) is 5.92 Å². The number of nitrogens with zero attached hydrogens (tertiary/aromatic N) is 2.